The van der Waals surface area contributed by atoms with Crippen LogP contribution in [-0.4, -0.2) is 24.1 Å². The Kier molecular flexibility index (Phi) is 5.93. The molecule has 1 unspecified atom stereocenters. The highest BCUT2D eigenvalue weighted by Gasteiger charge is 2.19. The van der Waals surface area contributed by atoms with Gasteiger partial charge in [-0.15, -0.1) is 0 Å². The van der Waals surface area contributed by atoms with Gasteiger partial charge in [0.1, 0.15) is 11.9 Å². The molecule has 2 aromatic rings. The highest BCUT2D eigenvalue weighted by atomic mass is 127. The quantitative estimate of drug-likeness (QED) is 0.740. The van der Waals surface area contributed by atoms with Crippen molar-refractivity contribution in [2.75, 3.05) is 19.5 Å². The van der Waals surface area contributed by atoms with Gasteiger partial charge in [0, 0.05) is 19.7 Å². The summed E-state index contributed by atoms with van der Waals surface area (Å²) in [5, 5.41) is 3.15. The summed E-state index contributed by atoms with van der Waals surface area (Å²) >= 11 is 2.29. The van der Waals surface area contributed by atoms with Crippen LogP contribution in [0, 0.1) is 3.57 Å². The average molecular weight is 397 g/mol. The molecule has 1 aromatic heterocycles. The number of methoxy groups -OCH3 is 1. The van der Waals surface area contributed by atoms with Gasteiger partial charge in [0.15, 0.2) is 5.82 Å². The maximum atomic E-state index is 5.55. The number of rotatable bonds is 6. The van der Waals surface area contributed by atoms with Gasteiger partial charge in [-0.05, 0) is 29.0 Å². The minimum Gasteiger partial charge on any atom is -0.373 e. The third-order valence-corrected chi connectivity index (χ3v) is 4.30. The van der Waals surface area contributed by atoms with Gasteiger partial charge in [-0.25, -0.2) is 9.97 Å². The first-order chi connectivity index (χ1) is 10.2. The molecule has 0 aliphatic carbocycles. The summed E-state index contributed by atoms with van der Waals surface area (Å²) in [6, 6.07) is 10.2. The van der Waals surface area contributed by atoms with Gasteiger partial charge in [-0.3, -0.25) is 0 Å². The molecular weight excluding hydrogens is 377 g/mol. The Bertz CT molecular complexity index is 590. The van der Waals surface area contributed by atoms with Gasteiger partial charge in [0.05, 0.1) is 9.26 Å². The lowest BCUT2D eigenvalue weighted by molar-refractivity contribution is 0.0878. The first-order valence-electron chi connectivity index (χ1n) is 7.04. The molecule has 1 heterocycles. The van der Waals surface area contributed by atoms with Crippen molar-refractivity contribution in [2.45, 2.75) is 25.9 Å². The zero-order chi connectivity index (χ0) is 15.2. The van der Waals surface area contributed by atoms with Crippen molar-refractivity contribution in [1.29, 1.82) is 0 Å². The zero-order valence-electron chi connectivity index (χ0n) is 12.6. The van der Waals surface area contributed by atoms with Gasteiger partial charge >= 0.3 is 0 Å². The molecule has 0 saturated heterocycles. The summed E-state index contributed by atoms with van der Waals surface area (Å²) in [5.41, 5.74) is 2.04. The van der Waals surface area contributed by atoms with Crippen molar-refractivity contribution < 1.29 is 4.74 Å². The van der Waals surface area contributed by atoms with E-state index in [1.165, 1.54) is 0 Å². The smallest absolute Gasteiger partial charge is 0.160 e. The van der Waals surface area contributed by atoms with E-state index in [9.17, 15) is 0 Å². The van der Waals surface area contributed by atoms with Gasteiger partial charge in [-0.2, -0.15) is 0 Å². The number of ether oxygens (including phenoxy) is 1. The molecule has 0 saturated carbocycles. The van der Waals surface area contributed by atoms with E-state index in [0.717, 1.165) is 39.3 Å². The van der Waals surface area contributed by atoms with E-state index in [0.29, 0.717) is 0 Å². The fraction of sp³-hybridized carbons (Fsp3) is 0.375. The number of benzene rings is 1. The number of nitrogens with zero attached hydrogens (tertiary/aromatic N) is 2. The topological polar surface area (TPSA) is 47.0 Å². The highest BCUT2D eigenvalue weighted by molar-refractivity contribution is 14.1. The minimum absolute atomic E-state index is 0.0680. The van der Waals surface area contributed by atoms with Crippen LogP contribution in [0.3, 0.4) is 0 Å². The SMILES string of the molecule is CCCC(OC)c1nc(NC)c(I)c(-c2ccccc2)n1. The van der Waals surface area contributed by atoms with E-state index in [2.05, 4.69) is 51.9 Å². The Morgan fingerprint density at radius 1 is 1.24 bits per heavy atom. The van der Waals surface area contributed by atoms with Crippen LogP contribution in [0.5, 0.6) is 0 Å². The molecule has 0 fully saturated rings. The summed E-state index contributed by atoms with van der Waals surface area (Å²) in [7, 11) is 3.59. The molecule has 0 amide bonds. The van der Waals surface area contributed by atoms with Crippen molar-refractivity contribution in [1.82, 2.24) is 9.97 Å². The molecule has 1 aromatic carbocycles. The van der Waals surface area contributed by atoms with Crippen LogP contribution < -0.4 is 5.32 Å². The van der Waals surface area contributed by atoms with Gasteiger partial charge in [0.25, 0.3) is 0 Å². The van der Waals surface area contributed by atoms with Crippen molar-refractivity contribution in [2.24, 2.45) is 0 Å². The van der Waals surface area contributed by atoms with Crippen LogP contribution in [0.15, 0.2) is 30.3 Å². The summed E-state index contributed by atoms with van der Waals surface area (Å²) in [5.74, 6) is 1.58. The highest BCUT2D eigenvalue weighted by Crippen LogP contribution is 2.30. The Balaban J connectivity index is 2.54. The summed E-state index contributed by atoms with van der Waals surface area (Å²) in [6.07, 6.45) is 1.87. The minimum atomic E-state index is -0.0680. The Morgan fingerprint density at radius 2 is 1.95 bits per heavy atom. The van der Waals surface area contributed by atoms with E-state index in [-0.39, 0.29) is 6.10 Å². The van der Waals surface area contributed by atoms with E-state index in [1.54, 1.807) is 7.11 Å². The first-order valence-corrected chi connectivity index (χ1v) is 8.12. The fourth-order valence-electron chi connectivity index (χ4n) is 2.18. The first kappa shape index (κ1) is 16.2. The summed E-state index contributed by atoms with van der Waals surface area (Å²) in [6.45, 7) is 2.13. The van der Waals surface area contributed by atoms with Gasteiger partial charge < -0.3 is 10.1 Å². The molecule has 0 spiro atoms. The molecule has 4 nitrogen and oxygen atoms in total. The molecule has 0 radical (unpaired) electrons. The molecular formula is C16H20IN3O. The predicted octanol–water partition coefficient (Wildman–Crippen LogP) is 4.28. The number of nitrogens with one attached hydrogen (secondary N) is 1. The lowest BCUT2D eigenvalue weighted by atomic mass is 10.1. The molecule has 2 rings (SSSR count). The third-order valence-electron chi connectivity index (χ3n) is 3.28. The standard InChI is InChI=1S/C16H20IN3O/c1-4-8-12(21-3)15-19-14(11-9-6-5-7-10-11)13(17)16(18-2)20-15/h5-7,9-10,12H,4,8H2,1-3H3,(H,18,19,20). The van der Waals surface area contributed by atoms with Crippen molar-refractivity contribution in [3.8, 4) is 11.3 Å². The second kappa shape index (κ2) is 7.70. The number of hydrogen-bond donors (Lipinski definition) is 1. The predicted molar refractivity (Wildman–Crippen MR) is 94.4 cm³/mol. The largest absolute Gasteiger partial charge is 0.373 e. The number of hydrogen-bond acceptors (Lipinski definition) is 4. The van der Waals surface area contributed by atoms with E-state index >= 15 is 0 Å². The number of anilines is 1. The van der Waals surface area contributed by atoms with E-state index < -0.39 is 0 Å². The fourth-order valence-corrected chi connectivity index (χ4v) is 3.00. The van der Waals surface area contributed by atoms with Crippen LogP contribution >= 0.6 is 22.6 Å². The molecule has 1 N–H and O–H groups in total. The van der Waals surface area contributed by atoms with Crippen molar-refractivity contribution in [3.63, 3.8) is 0 Å². The average Bonchev–Trinajstić information content (AvgIpc) is 2.54. The second-order valence-electron chi connectivity index (χ2n) is 4.72. The molecule has 112 valence electrons. The van der Waals surface area contributed by atoms with Crippen LogP contribution in [0.1, 0.15) is 31.7 Å². The third kappa shape index (κ3) is 3.71. The van der Waals surface area contributed by atoms with Crippen LogP contribution in [-0.2, 0) is 4.74 Å². The Hall–Kier alpha value is -1.21. The molecule has 0 bridgehead atoms. The number of aromatic nitrogens is 2. The van der Waals surface area contributed by atoms with Crippen LogP contribution in [0.2, 0.25) is 0 Å². The monoisotopic (exact) mass is 397 g/mol. The molecule has 21 heavy (non-hydrogen) atoms. The lowest BCUT2D eigenvalue weighted by Crippen LogP contribution is -2.11. The molecule has 1 atom stereocenters. The lowest BCUT2D eigenvalue weighted by Gasteiger charge is -2.17. The molecule has 5 heteroatoms. The van der Waals surface area contributed by atoms with Gasteiger partial charge in [-0.1, -0.05) is 43.7 Å². The summed E-state index contributed by atoms with van der Waals surface area (Å²) < 4.78 is 6.58. The van der Waals surface area contributed by atoms with Gasteiger partial charge in [0.2, 0.25) is 0 Å². The van der Waals surface area contributed by atoms with Crippen molar-refractivity contribution >= 4 is 28.4 Å². The van der Waals surface area contributed by atoms with Crippen molar-refractivity contribution in [3.05, 3.63) is 39.7 Å². The maximum absolute atomic E-state index is 5.55. The second-order valence-corrected chi connectivity index (χ2v) is 5.80. The molecule has 0 aliphatic rings. The van der Waals surface area contributed by atoms with E-state index in [4.69, 9.17) is 9.72 Å². The molecule has 0 aliphatic heterocycles. The normalized spacial score (nSPS) is 12.2. The zero-order valence-corrected chi connectivity index (χ0v) is 14.7. The maximum Gasteiger partial charge on any atom is 0.160 e. The number of halogens is 1. The summed E-state index contributed by atoms with van der Waals surface area (Å²) in [4.78, 5) is 9.37. The van der Waals surface area contributed by atoms with E-state index in [1.807, 2.05) is 25.2 Å². The Morgan fingerprint density at radius 3 is 2.52 bits per heavy atom. The van der Waals surface area contributed by atoms with Crippen LogP contribution in [0.4, 0.5) is 5.82 Å². The van der Waals surface area contributed by atoms with Crippen LogP contribution in [0.25, 0.3) is 11.3 Å². The Labute approximate surface area is 139 Å².